The number of aromatic nitrogens is 2. The molecule has 0 aliphatic rings. The second-order valence-corrected chi connectivity index (χ2v) is 3.51. The Morgan fingerprint density at radius 1 is 1.29 bits per heavy atom. The van der Waals surface area contributed by atoms with Gasteiger partial charge in [-0.2, -0.15) is 0 Å². The number of anilines is 1. The molecule has 2 aromatic rings. The summed E-state index contributed by atoms with van der Waals surface area (Å²) in [5, 5.41) is 10.9. The minimum absolute atomic E-state index is 0.695. The lowest BCUT2D eigenvalue weighted by atomic mass is 10.3. The molecule has 0 aromatic carbocycles. The first-order chi connectivity index (χ1) is 6.81. The maximum atomic E-state index is 5.25. The molecule has 2 rings (SSSR count). The zero-order valence-electron chi connectivity index (χ0n) is 7.49. The second kappa shape index (κ2) is 3.79. The molecule has 0 spiro atoms. The van der Waals surface area contributed by atoms with E-state index in [0.717, 1.165) is 10.3 Å². The highest BCUT2D eigenvalue weighted by molar-refractivity contribution is 9.10. The lowest BCUT2D eigenvalue weighted by Crippen LogP contribution is -1.94. The Morgan fingerprint density at radius 3 is 2.64 bits per heavy atom. The van der Waals surface area contributed by atoms with Crippen LogP contribution in [0.2, 0.25) is 0 Å². The number of rotatable bonds is 2. The summed E-state index contributed by atoms with van der Waals surface area (Å²) in [6.45, 7) is 0. The van der Waals surface area contributed by atoms with Gasteiger partial charge in [0, 0.05) is 7.05 Å². The van der Waals surface area contributed by atoms with Crippen LogP contribution in [0.4, 0.5) is 5.82 Å². The topological polar surface area (TPSA) is 51.0 Å². The number of hydrogen-bond donors (Lipinski definition) is 1. The fourth-order valence-corrected chi connectivity index (χ4v) is 1.47. The molecule has 0 aliphatic heterocycles. The Labute approximate surface area is 89.5 Å². The van der Waals surface area contributed by atoms with Crippen molar-refractivity contribution in [2.45, 2.75) is 0 Å². The molecule has 4 nitrogen and oxygen atoms in total. The second-order valence-electron chi connectivity index (χ2n) is 2.65. The van der Waals surface area contributed by atoms with E-state index in [1.807, 2.05) is 18.2 Å². The van der Waals surface area contributed by atoms with Crippen molar-refractivity contribution in [3.8, 4) is 11.5 Å². The van der Waals surface area contributed by atoms with Crippen molar-refractivity contribution in [2.24, 2.45) is 0 Å². The molecule has 0 radical (unpaired) electrons. The average molecular weight is 254 g/mol. The van der Waals surface area contributed by atoms with Crippen LogP contribution in [0.25, 0.3) is 11.5 Å². The van der Waals surface area contributed by atoms with E-state index in [2.05, 4.69) is 31.4 Å². The number of nitrogens with one attached hydrogen (secondary N) is 1. The molecule has 2 aromatic heterocycles. The zero-order chi connectivity index (χ0) is 9.97. The van der Waals surface area contributed by atoms with E-state index in [-0.39, 0.29) is 0 Å². The van der Waals surface area contributed by atoms with Gasteiger partial charge in [-0.1, -0.05) is 0 Å². The van der Waals surface area contributed by atoms with Crippen LogP contribution in [-0.2, 0) is 0 Å². The van der Waals surface area contributed by atoms with Gasteiger partial charge in [0.05, 0.1) is 10.7 Å². The monoisotopic (exact) mass is 253 g/mol. The fraction of sp³-hybridized carbons (Fsp3) is 0.111. The van der Waals surface area contributed by atoms with Gasteiger partial charge in [0.1, 0.15) is 11.5 Å². The summed E-state index contributed by atoms with van der Waals surface area (Å²) in [7, 11) is 1.80. The highest BCUT2D eigenvalue weighted by atomic mass is 79.9. The maximum absolute atomic E-state index is 5.25. The van der Waals surface area contributed by atoms with Gasteiger partial charge in [-0.3, -0.25) is 0 Å². The minimum Gasteiger partial charge on any atom is -0.461 e. The first-order valence-corrected chi connectivity index (χ1v) is 4.85. The van der Waals surface area contributed by atoms with E-state index in [0.29, 0.717) is 11.5 Å². The summed E-state index contributed by atoms with van der Waals surface area (Å²) >= 11 is 3.36. The van der Waals surface area contributed by atoms with E-state index in [9.17, 15) is 0 Å². The number of furan rings is 1. The maximum Gasteiger partial charge on any atom is 0.168 e. The Bertz CT molecular complexity index is 424. The molecular formula is C9H8BrN3O. The molecule has 2 heterocycles. The number of halogens is 1. The summed E-state index contributed by atoms with van der Waals surface area (Å²) in [6.07, 6.45) is 1.60. The summed E-state index contributed by atoms with van der Waals surface area (Å²) in [5.74, 6) is 1.43. The van der Waals surface area contributed by atoms with E-state index in [4.69, 9.17) is 4.42 Å². The van der Waals surface area contributed by atoms with Crippen LogP contribution in [0.1, 0.15) is 0 Å². The van der Waals surface area contributed by atoms with Gasteiger partial charge < -0.3 is 9.73 Å². The third-order valence-corrected chi connectivity index (χ3v) is 2.39. The third kappa shape index (κ3) is 1.63. The van der Waals surface area contributed by atoms with Gasteiger partial charge in [-0.15, -0.1) is 10.2 Å². The molecule has 0 fully saturated rings. The average Bonchev–Trinajstić information content (AvgIpc) is 2.65. The molecule has 0 bridgehead atoms. The standard InChI is InChI=1S/C9H8BrN3O/c1-11-8-3-2-7(12-13-8)9-6(10)4-5-14-9/h2-5H,1H3,(H,11,13). The fourth-order valence-electron chi connectivity index (χ4n) is 1.06. The Balaban J connectivity index is 2.39. The molecule has 0 saturated carbocycles. The Morgan fingerprint density at radius 2 is 2.14 bits per heavy atom. The van der Waals surface area contributed by atoms with Gasteiger partial charge in [-0.25, -0.2) is 0 Å². The number of nitrogens with zero attached hydrogens (tertiary/aromatic N) is 2. The first kappa shape index (κ1) is 9.21. The highest BCUT2D eigenvalue weighted by Gasteiger charge is 2.08. The summed E-state index contributed by atoms with van der Waals surface area (Å²) in [5.41, 5.74) is 0.709. The predicted molar refractivity (Wildman–Crippen MR) is 57.0 cm³/mol. The molecule has 1 N–H and O–H groups in total. The van der Waals surface area contributed by atoms with E-state index < -0.39 is 0 Å². The van der Waals surface area contributed by atoms with Crippen molar-refractivity contribution in [3.05, 3.63) is 28.9 Å². The molecule has 0 saturated heterocycles. The molecule has 72 valence electrons. The van der Waals surface area contributed by atoms with E-state index in [1.54, 1.807) is 13.3 Å². The number of hydrogen-bond acceptors (Lipinski definition) is 4. The smallest absolute Gasteiger partial charge is 0.168 e. The summed E-state index contributed by atoms with van der Waals surface area (Å²) < 4.78 is 6.13. The van der Waals surface area contributed by atoms with Crippen molar-refractivity contribution in [1.29, 1.82) is 0 Å². The van der Waals surface area contributed by atoms with Crippen LogP contribution < -0.4 is 5.32 Å². The largest absolute Gasteiger partial charge is 0.461 e. The van der Waals surface area contributed by atoms with Crippen LogP contribution in [0, 0.1) is 0 Å². The summed E-state index contributed by atoms with van der Waals surface area (Å²) in [4.78, 5) is 0. The lowest BCUT2D eigenvalue weighted by Gasteiger charge is -1.98. The van der Waals surface area contributed by atoms with Gasteiger partial charge in [0.2, 0.25) is 0 Å². The van der Waals surface area contributed by atoms with Crippen LogP contribution in [0.5, 0.6) is 0 Å². The molecular weight excluding hydrogens is 246 g/mol. The van der Waals surface area contributed by atoms with Gasteiger partial charge in [0.15, 0.2) is 5.76 Å². The van der Waals surface area contributed by atoms with E-state index in [1.165, 1.54) is 0 Å². The zero-order valence-corrected chi connectivity index (χ0v) is 9.08. The van der Waals surface area contributed by atoms with Crippen molar-refractivity contribution >= 4 is 21.7 Å². The van der Waals surface area contributed by atoms with E-state index >= 15 is 0 Å². The summed E-state index contributed by atoms with van der Waals surface area (Å²) in [6, 6.07) is 5.52. The van der Waals surface area contributed by atoms with Crippen LogP contribution in [0.3, 0.4) is 0 Å². The molecule has 0 aliphatic carbocycles. The van der Waals surface area contributed by atoms with Gasteiger partial charge in [0.25, 0.3) is 0 Å². The molecule has 0 unspecified atom stereocenters. The Kier molecular flexibility index (Phi) is 2.49. The van der Waals surface area contributed by atoms with Crippen molar-refractivity contribution < 1.29 is 4.42 Å². The van der Waals surface area contributed by atoms with Crippen molar-refractivity contribution in [3.63, 3.8) is 0 Å². The van der Waals surface area contributed by atoms with Gasteiger partial charge in [-0.05, 0) is 34.1 Å². The quantitative estimate of drug-likeness (QED) is 0.894. The minimum atomic E-state index is 0.695. The molecule has 5 heteroatoms. The molecule has 0 amide bonds. The Hall–Kier alpha value is -1.36. The van der Waals surface area contributed by atoms with Crippen molar-refractivity contribution in [2.75, 3.05) is 12.4 Å². The predicted octanol–water partition coefficient (Wildman–Crippen LogP) is 2.54. The van der Waals surface area contributed by atoms with Crippen molar-refractivity contribution in [1.82, 2.24) is 10.2 Å². The van der Waals surface area contributed by atoms with Crippen LogP contribution in [0.15, 0.2) is 33.4 Å². The highest BCUT2D eigenvalue weighted by Crippen LogP contribution is 2.27. The van der Waals surface area contributed by atoms with Gasteiger partial charge >= 0.3 is 0 Å². The first-order valence-electron chi connectivity index (χ1n) is 4.06. The molecule has 14 heavy (non-hydrogen) atoms. The molecule has 0 atom stereocenters. The van der Waals surface area contributed by atoms with Crippen LogP contribution in [-0.4, -0.2) is 17.2 Å². The lowest BCUT2D eigenvalue weighted by molar-refractivity contribution is 0.577. The SMILES string of the molecule is CNc1ccc(-c2occc2Br)nn1. The van der Waals surface area contributed by atoms with Crippen LogP contribution >= 0.6 is 15.9 Å². The third-order valence-electron chi connectivity index (χ3n) is 1.77. The normalized spacial score (nSPS) is 10.1.